The molecule has 6 nitrogen and oxygen atoms in total. The highest BCUT2D eigenvalue weighted by atomic mass is 35.5. The minimum absolute atomic E-state index is 0.0774. The Kier molecular flexibility index (Phi) is 6.42. The van der Waals surface area contributed by atoms with Gasteiger partial charge in [0.25, 0.3) is 0 Å². The van der Waals surface area contributed by atoms with Gasteiger partial charge in [-0.25, -0.2) is 0 Å². The van der Waals surface area contributed by atoms with Crippen LogP contribution in [0.15, 0.2) is 36.4 Å². The van der Waals surface area contributed by atoms with Crippen LogP contribution in [0.1, 0.15) is 31.2 Å². The summed E-state index contributed by atoms with van der Waals surface area (Å²) in [7, 11) is 1.55. The van der Waals surface area contributed by atoms with Crippen LogP contribution in [0.3, 0.4) is 0 Å². The fraction of sp³-hybridized carbons (Fsp3) is 0.391. The molecule has 2 aromatic rings. The van der Waals surface area contributed by atoms with Gasteiger partial charge in [-0.2, -0.15) is 0 Å². The molecule has 0 saturated carbocycles. The van der Waals surface area contributed by atoms with Crippen molar-refractivity contribution in [1.29, 1.82) is 0 Å². The van der Waals surface area contributed by atoms with Crippen LogP contribution in [0.4, 0.5) is 11.4 Å². The molecule has 0 atom stereocenters. The van der Waals surface area contributed by atoms with Gasteiger partial charge in [0.05, 0.1) is 18.2 Å². The lowest BCUT2D eigenvalue weighted by atomic mass is 9.73. The molecule has 1 N–H and O–H groups in total. The van der Waals surface area contributed by atoms with Gasteiger partial charge in [0.2, 0.25) is 11.8 Å². The lowest BCUT2D eigenvalue weighted by molar-refractivity contribution is -0.125. The molecule has 4 rings (SSSR count). The number of rotatable bonds is 5. The smallest absolute Gasteiger partial charge is 0.235 e. The number of hydrogen-bond acceptors (Lipinski definition) is 4. The van der Waals surface area contributed by atoms with Crippen LogP contribution in [0, 0.1) is 0 Å². The zero-order valence-corrected chi connectivity index (χ0v) is 18.8. The molecule has 2 aliphatic heterocycles. The predicted molar refractivity (Wildman–Crippen MR) is 121 cm³/mol. The average Bonchev–Trinajstić information content (AvgIpc) is 3.19. The van der Waals surface area contributed by atoms with Gasteiger partial charge < -0.3 is 19.7 Å². The zero-order chi connectivity index (χ0) is 22.0. The Hall–Kier alpha value is -2.28. The van der Waals surface area contributed by atoms with Crippen LogP contribution in [-0.2, 0) is 19.7 Å². The Morgan fingerprint density at radius 3 is 2.58 bits per heavy atom. The summed E-state index contributed by atoms with van der Waals surface area (Å²) in [5, 5.41) is 4.01. The van der Waals surface area contributed by atoms with Gasteiger partial charge in [-0.15, -0.1) is 0 Å². The minimum Gasteiger partial charge on any atom is -0.494 e. The fourth-order valence-corrected chi connectivity index (χ4v) is 4.94. The second-order valence-electron chi connectivity index (χ2n) is 7.81. The number of halogens is 2. The number of carbonyl (C=O) groups is 2. The standard InChI is InChI=1S/C23H24Cl2N2O4/c1-30-20-14-16(5-7-19(20)27-10-2-3-21(27)28)26-22(29)23(8-11-31-12-9-23)17-6-4-15(24)13-18(17)25/h4-7,13-14H,2-3,8-12H2,1H3,(H,26,29). The first-order valence-electron chi connectivity index (χ1n) is 10.3. The third-order valence-corrected chi connectivity index (χ3v) is 6.58. The summed E-state index contributed by atoms with van der Waals surface area (Å²) in [4.78, 5) is 27.4. The maximum atomic E-state index is 13.6. The number of nitrogens with one attached hydrogen (secondary N) is 1. The molecule has 0 aliphatic carbocycles. The van der Waals surface area contributed by atoms with E-state index in [-0.39, 0.29) is 11.8 Å². The van der Waals surface area contributed by atoms with Gasteiger partial charge in [-0.3, -0.25) is 9.59 Å². The second-order valence-corrected chi connectivity index (χ2v) is 8.65. The summed E-state index contributed by atoms with van der Waals surface area (Å²) in [5.74, 6) is 0.458. The number of methoxy groups -OCH3 is 1. The predicted octanol–water partition coefficient (Wildman–Crippen LogP) is 4.82. The van der Waals surface area contributed by atoms with E-state index in [4.69, 9.17) is 32.7 Å². The maximum absolute atomic E-state index is 13.6. The van der Waals surface area contributed by atoms with E-state index in [2.05, 4.69) is 5.32 Å². The van der Waals surface area contributed by atoms with Gasteiger partial charge in [0, 0.05) is 48.0 Å². The molecule has 31 heavy (non-hydrogen) atoms. The number of anilines is 2. The van der Waals surface area contributed by atoms with E-state index in [1.165, 1.54) is 0 Å². The summed E-state index contributed by atoms with van der Waals surface area (Å²) < 4.78 is 11.0. The number of hydrogen-bond donors (Lipinski definition) is 1. The molecule has 2 heterocycles. The van der Waals surface area contributed by atoms with Crippen molar-refractivity contribution in [2.24, 2.45) is 0 Å². The van der Waals surface area contributed by atoms with Crippen LogP contribution in [0.25, 0.3) is 0 Å². The average molecular weight is 463 g/mol. The fourth-order valence-electron chi connectivity index (χ4n) is 4.35. The van der Waals surface area contributed by atoms with Crippen LogP contribution in [0.2, 0.25) is 10.0 Å². The quantitative estimate of drug-likeness (QED) is 0.691. The minimum atomic E-state index is -0.823. The lowest BCUT2D eigenvalue weighted by Crippen LogP contribution is -2.45. The molecule has 2 saturated heterocycles. The number of carbonyl (C=O) groups excluding carboxylic acids is 2. The van der Waals surface area contributed by atoms with Gasteiger partial charge in [0.15, 0.2) is 0 Å². The molecule has 0 aromatic heterocycles. The van der Waals surface area contributed by atoms with Crippen molar-refractivity contribution in [1.82, 2.24) is 0 Å². The molecule has 2 aliphatic rings. The van der Waals surface area contributed by atoms with Gasteiger partial charge in [-0.1, -0.05) is 29.3 Å². The maximum Gasteiger partial charge on any atom is 0.235 e. The Balaban J connectivity index is 1.64. The van der Waals surface area contributed by atoms with Gasteiger partial charge >= 0.3 is 0 Å². The molecule has 0 radical (unpaired) electrons. The largest absolute Gasteiger partial charge is 0.494 e. The molecular formula is C23H24Cl2N2O4. The topological polar surface area (TPSA) is 67.9 Å². The SMILES string of the molecule is COc1cc(NC(=O)C2(c3ccc(Cl)cc3Cl)CCOCC2)ccc1N1CCCC1=O. The van der Waals surface area contributed by atoms with Crippen molar-refractivity contribution in [3.8, 4) is 5.75 Å². The van der Waals surface area contributed by atoms with E-state index in [1.54, 1.807) is 36.3 Å². The number of ether oxygens (including phenoxy) is 2. The monoisotopic (exact) mass is 462 g/mol. The van der Waals surface area contributed by atoms with E-state index >= 15 is 0 Å². The molecule has 0 unspecified atom stereocenters. The lowest BCUT2D eigenvalue weighted by Gasteiger charge is -2.37. The van der Waals surface area contributed by atoms with Crippen LogP contribution < -0.4 is 15.0 Å². The van der Waals surface area contributed by atoms with Crippen LogP contribution in [0.5, 0.6) is 5.75 Å². The van der Waals surface area contributed by atoms with Crippen molar-refractivity contribution < 1.29 is 19.1 Å². The summed E-state index contributed by atoms with van der Waals surface area (Å²) >= 11 is 12.6. The van der Waals surface area contributed by atoms with Crippen molar-refractivity contribution in [3.63, 3.8) is 0 Å². The summed E-state index contributed by atoms with van der Waals surface area (Å²) in [5.41, 5.74) is 1.22. The highest BCUT2D eigenvalue weighted by Crippen LogP contribution is 2.41. The third-order valence-electron chi connectivity index (χ3n) is 6.03. The van der Waals surface area contributed by atoms with E-state index in [1.807, 2.05) is 12.1 Å². The number of amides is 2. The second kappa shape index (κ2) is 9.07. The molecule has 164 valence electrons. The zero-order valence-electron chi connectivity index (χ0n) is 17.2. The molecular weight excluding hydrogens is 439 g/mol. The third kappa shape index (κ3) is 4.25. The summed E-state index contributed by atoms with van der Waals surface area (Å²) in [6.45, 7) is 1.59. The van der Waals surface area contributed by atoms with Crippen LogP contribution >= 0.6 is 23.2 Å². The van der Waals surface area contributed by atoms with Crippen molar-refractivity contribution in [2.75, 3.05) is 37.1 Å². The molecule has 2 fully saturated rings. The first-order chi connectivity index (χ1) is 14.9. The van der Waals surface area contributed by atoms with E-state index in [0.29, 0.717) is 66.2 Å². The summed E-state index contributed by atoms with van der Waals surface area (Å²) in [6.07, 6.45) is 2.39. The normalized spacial score (nSPS) is 18.2. The Morgan fingerprint density at radius 1 is 1.16 bits per heavy atom. The number of nitrogens with zero attached hydrogens (tertiary/aromatic N) is 1. The first kappa shape index (κ1) is 21.9. The van der Waals surface area contributed by atoms with Crippen molar-refractivity contribution in [2.45, 2.75) is 31.1 Å². The summed E-state index contributed by atoms with van der Waals surface area (Å²) in [6, 6.07) is 10.6. The van der Waals surface area contributed by atoms with Crippen molar-refractivity contribution >= 4 is 46.4 Å². The van der Waals surface area contributed by atoms with Crippen LogP contribution in [-0.4, -0.2) is 38.7 Å². The molecule has 0 bridgehead atoms. The number of benzene rings is 2. The van der Waals surface area contributed by atoms with Gasteiger partial charge in [-0.05, 0) is 49.1 Å². The van der Waals surface area contributed by atoms with Crippen molar-refractivity contribution in [3.05, 3.63) is 52.0 Å². The Morgan fingerprint density at radius 2 is 1.94 bits per heavy atom. The van der Waals surface area contributed by atoms with E-state index in [0.717, 1.165) is 12.0 Å². The molecule has 8 heteroatoms. The van der Waals surface area contributed by atoms with E-state index in [9.17, 15) is 9.59 Å². The highest BCUT2D eigenvalue weighted by Gasteiger charge is 2.43. The molecule has 2 amide bonds. The Bertz CT molecular complexity index is 1010. The first-order valence-corrected chi connectivity index (χ1v) is 11.0. The van der Waals surface area contributed by atoms with E-state index < -0.39 is 5.41 Å². The van der Waals surface area contributed by atoms with Gasteiger partial charge in [0.1, 0.15) is 5.75 Å². The molecule has 2 aromatic carbocycles. The Labute approximate surface area is 191 Å². The molecule has 0 spiro atoms. The highest BCUT2D eigenvalue weighted by molar-refractivity contribution is 6.35.